The second-order valence-corrected chi connectivity index (χ2v) is 5.90. The number of rotatable bonds is 3. The number of phenolic OH excluding ortho intramolecular Hbond substituents is 1. The molecule has 0 radical (unpaired) electrons. The topological polar surface area (TPSA) is 88.1 Å². The van der Waals surface area contributed by atoms with Gasteiger partial charge in [-0.2, -0.15) is 5.11 Å². The van der Waals surface area contributed by atoms with E-state index in [0.29, 0.717) is 5.69 Å². The van der Waals surface area contributed by atoms with E-state index in [1.165, 1.54) is 12.1 Å². The maximum absolute atomic E-state index is 10.9. The number of hydrogen-bond acceptors (Lipinski definition) is 5. The van der Waals surface area contributed by atoms with Gasteiger partial charge in [0, 0.05) is 11.6 Å². The lowest BCUT2D eigenvalue weighted by molar-refractivity contribution is -0.384. The van der Waals surface area contributed by atoms with Crippen molar-refractivity contribution in [3.8, 4) is 5.75 Å². The van der Waals surface area contributed by atoms with Gasteiger partial charge in [0.2, 0.25) is 0 Å². The van der Waals surface area contributed by atoms with Crippen molar-refractivity contribution in [1.29, 1.82) is 0 Å². The molecule has 0 unspecified atom stereocenters. The van der Waals surface area contributed by atoms with Crippen LogP contribution in [0.25, 0.3) is 0 Å². The van der Waals surface area contributed by atoms with Gasteiger partial charge in [0.15, 0.2) is 5.69 Å². The van der Waals surface area contributed by atoms with Gasteiger partial charge in [-0.25, -0.2) is 0 Å². The third-order valence-electron chi connectivity index (χ3n) is 3.14. The summed E-state index contributed by atoms with van der Waals surface area (Å²) in [6.07, 6.45) is 0. The maximum Gasteiger partial charge on any atom is 0.296 e. The number of nitrogens with zero attached hydrogens (tertiary/aromatic N) is 3. The van der Waals surface area contributed by atoms with E-state index in [1.54, 1.807) is 30.3 Å². The number of nitro groups is 1. The first-order chi connectivity index (χ1) is 10.3. The van der Waals surface area contributed by atoms with Crippen LogP contribution in [-0.4, -0.2) is 10.0 Å². The molecule has 0 aliphatic rings. The van der Waals surface area contributed by atoms with Crippen LogP contribution in [0.5, 0.6) is 5.75 Å². The van der Waals surface area contributed by atoms with Crippen LogP contribution in [0.2, 0.25) is 0 Å². The Bertz CT molecular complexity index is 734. The van der Waals surface area contributed by atoms with Crippen molar-refractivity contribution in [3.05, 3.63) is 58.1 Å². The Labute approximate surface area is 128 Å². The first-order valence-corrected chi connectivity index (χ1v) is 6.77. The summed E-state index contributed by atoms with van der Waals surface area (Å²) in [5.41, 5.74) is 1.13. The average molecular weight is 299 g/mol. The molecule has 0 spiro atoms. The zero-order valence-electron chi connectivity index (χ0n) is 12.6. The minimum absolute atomic E-state index is 0.0962. The van der Waals surface area contributed by atoms with E-state index >= 15 is 0 Å². The fourth-order valence-electron chi connectivity index (χ4n) is 2.00. The predicted octanol–water partition coefficient (Wildman–Crippen LogP) is 5.01. The summed E-state index contributed by atoms with van der Waals surface area (Å²) in [6, 6.07) is 11.1. The Kier molecular flexibility index (Phi) is 4.21. The zero-order chi connectivity index (χ0) is 16.3. The highest BCUT2D eigenvalue weighted by molar-refractivity contribution is 5.57. The summed E-state index contributed by atoms with van der Waals surface area (Å²) in [6.45, 7) is 5.93. The Morgan fingerprint density at radius 1 is 1.09 bits per heavy atom. The van der Waals surface area contributed by atoms with Gasteiger partial charge in [0.05, 0.1) is 10.6 Å². The van der Waals surface area contributed by atoms with Gasteiger partial charge in [-0.15, -0.1) is 5.11 Å². The SMILES string of the molecule is CC(C)(C)c1cc(N=Nc2ccccc2[N+](=O)[O-])ccc1O. The molecule has 2 aromatic rings. The van der Waals surface area contributed by atoms with Gasteiger partial charge in [-0.3, -0.25) is 10.1 Å². The molecule has 6 nitrogen and oxygen atoms in total. The van der Waals surface area contributed by atoms with Crippen molar-refractivity contribution < 1.29 is 10.0 Å². The Morgan fingerprint density at radius 3 is 2.41 bits per heavy atom. The average Bonchev–Trinajstić information content (AvgIpc) is 2.45. The largest absolute Gasteiger partial charge is 0.508 e. The molecule has 2 aromatic carbocycles. The Morgan fingerprint density at radius 2 is 1.77 bits per heavy atom. The standard InChI is InChI=1S/C16H17N3O3/c1-16(2,3)12-10-11(8-9-15(12)20)17-18-13-6-4-5-7-14(13)19(21)22/h4-10,20H,1-3H3. The van der Waals surface area contributed by atoms with E-state index in [0.717, 1.165) is 5.56 Å². The van der Waals surface area contributed by atoms with E-state index < -0.39 is 4.92 Å². The lowest BCUT2D eigenvalue weighted by Crippen LogP contribution is -2.10. The molecular formula is C16H17N3O3. The van der Waals surface area contributed by atoms with Crippen molar-refractivity contribution in [2.45, 2.75) is 26.2 Å². The molecule has 1 N–H and O–H groups in total. The number of hydrogen-bond donors (Lipinski definition) is 1. The number of aromatic hydroxyl groups is 1. The molecule has 0 atom stereocenters. The van der Waals surface area contributed by atoms with Gasteiger partial charge in [-0.1, -0.05) is 32.9 Å². The van der Waals surface area contributed by atoms with Crippen molar-refractivity contribution in [2.75, 3.05) is 0 Å². The minimum Gasteiger partial charge on any atom is -0.508 e. The van der Waals surface area contributed by atoms with Crippen LogP contribution in [0.1, 0.15) is 26.3 Å². The molecule has 0 amide bonds. The fraction of sp³-hybridized carbons (Fsp3) is 0.250. The van der Waals surface area contributed by atoms with Crippen LogP contribution in [-0.2, 0) is 5.41 Å². The van der Waals surface area contributed by atoms with Gasteiger partial charge >= 0.3 is 0 Å². The molecule has 0 saturated heterocycles. The van der Waals surface area contributed by atoms with Crippen LogP contribution in [0, 0.1) is 10.1 Å². The van der Waals surface area contributed by atoms with E-state index in [4.69, 9.17) is 0 Å². The third-order valence-corrected chi connectivity index (χ3v) is 3.14. The highest BCUT2D eigenvalue weighted by Gasteiger charge is 2.18. The maximum atomic E-state index is 10.9. The smallest absolute Gasteiger partial charge is 0.296 e. The van der Waals surface area contributed by atoms with Crippen molar-refractivity contribution in [2.24, 2.45) is 10.2 Å². The number of azo groups is 1. The minimum atomic E-state index is -0.494. The van der Waals surface area contributed by atoms with E-state index in [9.17, 15) is 15.2 Å². The van der Waals surface area contributed by atoms with Crippen LogP contribution >= 0.6 is 0 Å². The molecule has 2 rings (SSSR count). The molecule has 114 valence electrons. The van der Waals surface area contributed by atoms with Crippen LogP contribution in [0.15, 0.2) is 52.7 Å². The summed E-state index contributed by atoms with van der Waals surface area (Å²) in [7, 11) is 0. The lowest BCUT2D eigenvalue weighted by atomic mass is 9.86. The second-order valence-electron chi connectivity index (χ2n) is 5.90. The molecule has 0 saturated carbocycles. The quantitative estimate of drug-likeness (QED) is 0.490. The van der Waals surface area contributed by atoms with Gasteiger partial charge in [-0.05, 0) is 29.7 Å². The molecular weight excluding hydrogens is 282 g/mol. The molecule has 0 bridgehead atoms. The van der Waals surface area contributed by atoms with Crippen LogP contribution < -0.4 is 0 Å². The number of benzene rings is 2. The van der Waals surface area contributed by atoms with Crippen molar-refractivity contribution >= 4 is 17.1 Å². The molecule has 0 aliphatic heterocycles. The highest BCUT2D eigenvalue weighted by Crippen LogP contribution is 2.34. The normalized spacial score (nSPS) is 11.8. The monoisotopic (exact) mass is 299 g/mol. The number of para-hydroxylation sites is 1. The first-order valence-electron chi connectivity index (χ1n) is 6.77. The van der Waals surface area contributed by atoms with Crippen LogP contribution in [0.4, 0.5) is 17.1 Å². The van der Waals surface area contributed by atoms with E-state index in [2.05, 4.69) is 10.2 Å². The molecule has 0 heterocycles. The fourth-order valence-corrected chi connectivity index (χ4v) is 2.00. The van der Waals surface area contributed by atoms with Crippen molar-refractivity contribution in [3.63, 3.8) is 0 Å². The Balaban J connectivity index is 2.38. The van der Waals surface area contributed by atoms with Crippen LogP contribution in [0.3, 0.4) is 0 Å². The third kappa shape index (κ3) is 3.46. The highest BCUT2D eigenvalue weighted by atomic mass is 16.6. The lowest BCUT2D eigenvalue weighted by Gasteiger charge is -2.20. The molecule has 6 heteroatoms. The summed E-state index contributed by atoms with van der Waals surface area (Å²) < 4.78 is 0. The van der Waals surface area contributed by atoms with Gasteiger partial charge < -0.3 is 5.11 Å². The van der Waals surface area contributed by atoms with E-state index in [1.807, 2.05) is 20.8 Å². The first kappa shape index (κ1) is 15.6. The van der Waals surface area contributed by atoms with E-state index in [-0.39, 0.29) is 22.5 Å². The summed E-state index contributed by atoms with van der Waals surface area (Å²) >= 11 is 0. The summed E-state index contributed by atoms with van der Waals surface area (Å²) in [5.74, 6) is 0.192. The summed E-state index contributed by atoms with van der Waals surface area (Å²) in [5, 5.41) is 28.8. The Hall–Kier alpha value is -2.76. The van der Waals surface area contributed by atoms with Gasteiger partial charge in [0.25, 0.3) is 5.69 Å². The van der Waals surface area contributed by atoms with Gasteiger partial charge in [0.1, 0.15) is 5.75 Å². The number of nitro benzene ring substituents is 1. The second kappa shape index (κ2) is 5.93. The molecule has 0 aromatic heterocycles. The molecule has 0 aliphatic carbocycles. The summed E-state index contributed by atoms with van der Waals surface area (Å²) in [4.78, 5) is 10.4. The van der Waals surface area contributed by atoms with Crippen molar-refractivity contribution in [1.82, 2.24) is 0 Å². The zero-order valence-corrected chi connectivity index (χ0v) is 12.6. The predicted molar refractivity (Wildman–Crippen MR) is 84.1 cm³/mol. The number of phenols is 1. The molecule has 22 heavy (non-hydrogen) atoms. The molecule has 0 fully saturated rings.